The van der Waals surface area contributed by atoms with Crippen molar-refractivity contribution in [2.45, 2.75) is 20.0 Å². The summed E-state index contributed by atoms with van der Waals surface area (Å²) in [5.41, 5.74) is 0. The van der Waals surface area contributed by atoms with Gasteiger partial charge in [0.2, 0.25) is 5.91 Å². The first-order valence-electron chi connectivity index (χ1n) is 6.22. The molecule has 1 atom stereocenters. The van der Waals surface area contributed by atoms with Crippen LogP contribution in [-0.2, 0) is 14.6 Å². The second kappa shape index (κ2) is 5.60. The molecule has 1 fully saturated rings. The fraction of sp³-hybridized carbons (Fsp3) is 0.583. The molecule has 5 nitrogen and oxygen atoms in total. The Balaban J connectivity index is 2.10. The van der Waals surface area contributed by atoms with Crippen LogP contribution in [0.5, 0.6) is 0 Å². The average molecular weight is 302 g/mol. The molecule has 1 N–H and O–H groups in total. The molecule has 0 radical (unpaired) electrons. The number of thiophene rings is 1. The number of hydrogen-bond donors (Lipinski definition) is 1. The molecular formula is C12H18N2O3S2. The molecule has 0 bridgehead atoms. The van der Waals surface area contributed by atoms with Crippen molar-refractivity contribution in [2.24, 2.45) is 0 Å². The SMILES string of the molecule is CCS(=O)(=O)CCN1C(=O)CNC1c1ccc(C)s1. The summed E-state index contributed by atoms with van der Waals surface area (Å²) in [6, 6.07) is 3.99. The van der Waals surface area contributed by atoms with Gasteiger partial charge in [0.15, 0.2) is 9.84 Å². The Morgan fingerprint density at radius 2 is 2.21 bits per heavy atom. The van der Waals surface area contributed by atoms with Crippen LogP contribution in [0, 0.1) is 6.92 Å². The zero-order valence-corrected chi connectivity index (χ0v) is 12.7. The van der Waals surface area contributed by atoms with Gasteiger partial charge >= 0.3 is 0 Å². The highest BCUT2D eigenvalue weighted by Gasteiger charge is 2.32. The van der Waals surface area contributed by atoms with Gasteiger partial charge in [-0.2, -0.15) is 0 Å². The van der Waals surface area contributed by atoms with E-state index in [9.17, 15) is 13.2 Å². The third-order valence-corrected chi connectivity index (χ3v) is 5.93. The van der Waals surface area contributed by atoms with Crippen molar-refractivity contribution in [2.75, 3.05) is 24.6 Å². The Morgan fingerprint density at radius 3 is 2.79 bits per heavy atom. The van der Waals surface area contributed by atoms with Crippen molar-refractivity contribution in [1.82, 2.24) is 10.2 Å². The van der Waals surface area contributed by atoms with E-state index in [0.717, 1.165) is 4.88 Å². The van der Waals surface area contributed by atoms with Crippen LogP contribution in [0.25, 0.3) is 0 Å². The predicted molar refractivity (Wildman–Crippen MR) is 75.8 cm³/mol. The minimum Gasteiger partial charge on any atom is -0.320 e. The Bertz CT molecular complexity index is 565. The van der Waals surface area contributed by atoms with E-state index in [-0.39, 0.29) is 36.7 Å². The number of carbonyl (C=O) groups is 1. The average Bonchev–Trinajstić information content (AvgIpc) is 2.93. The molecule has 1 unspecified atom stereocenters. The Hall–Kier alpha value is -0.920. The molecule has 1 aliphatic heterocycles. The van der Waals surface area contributed by atoms with Crippen LogP contribution >= 0.6 is 11.3 Å². The molecule has 19 heavy (non-hydrogen) atoms. The van der Waals surface area contributed by atoms with Crippen LogP contribution in [0.1, 0.15) is 22.8 Å². The summed E-state index contributed by atoms with van der Waals surface area (Å²) in [4.78, 5) is 15.7. The van der Waals surface area contributed by atoms with Gasteiger partial charge in [0.05, 0.1) is 12.3 Å². The molecular weight excluding hydrogens is 284 g/mol. The molecule has 7 heteroatoms. The number of amides is 1. The lowest BCUT2D eigenvalue weighted by molar-refractivity contribution is -0.127. The van der Waals surface area contributed by atoms with Crippen LogP contribution in [-0.4, -0.2) is 43.8 Å². The topological polar surface area (TPSA) is 66.5 Å². The summed E-state index contributed by atoms with van der Waals surface area (Å²) in [6.07, 6.45) is -0.182. The molecule has 1 aromatic heterocycles. The minimum atomic E-state index is -3.05. The third-order valence-electron chi connectivity index (χ3n) is 3.19. The highest BCUT2D eigenvalue weighted by molar-refractivity contribution is 7.91. The first-order valence-corrected chi connectivity index (χ1v) is 8.86. The monoisotopic (exact) mass is 302 g/mol. The van der Waals surface area contributed by atoms with Crippen molar-refractivity contribution < 1.29 is 13.2 Å². The lowest BCUT2D eigenvalue weighted by atomic mass is 10.3. The zero-order chi connectivity index (χ0) is 14.0. The van der Waals surface area contributed by atoms with Crippen LogP contribution in [0.3, 0.4) is 0 Å². The standard InChI is InChI=1S/C12H18N2O3S2/c1-3-19(16,17)7-6-14-11(15)8-13-12(14)10-5-4-9(2)18-10/h4-5,12-13H,3,6-8H2,1-2H3. The van der Waals surface area contributed by atoms with E-state index < -0.39 is 9.84 Å². The number of nitrogens with zero attached hydrogens (tertiary/aromatic N) is 1. The molecule has 0 aliphatic carbocycles. The molecule has 1 aromatic rings. The van der Waals surface area contributed by atoms with E-state index in [1.807, 2.05) is 19.1 Å². The lowest BCUT2D eigenvalue weighted by Crippen LogP contribution is -2.34. The molecule has 0 spiro atoms. The van der Waals surface area contributed by atoms with E-state index in [1.165, 1.54) is 4.88 Å². The zero-order valence-electron chi connectivity index (χ0n) is 11.0. The van der Waals surface area contributed by atoms with Crippen molar-refractivity contribution >= 4 is 27.1 Å². The minimum absolute atomic E-state index is 0.0256. The Morgan fingerprint density at radius 1 is 1.47 bits per heavy atom. The number of rotatable bonds is 5. The van der Waals surface area contributed by atoms with Crippen LogP contribution in [0.15, 0.2) is 12.1 Å². The van der Waals surface area contributed by atoms with Gasteiger partial charge in [-0.05, 0) is 19.1 Å². The van der Waals surface area contributed by atoms with Gasteiger partial charge in [-0.3, -0.25) is 10.1 Å². The molecule has 106 valence electrons. The molecule has 0 saturated carbocycles. The maximum absolute atomic E-state index is 11.8. The van der Waals surface area contributed by atoms with Crippen molar-refractivity contribution in [3.05, 3.63) is 21.9 Å². The van der Waals surface area contributed by atoms with Gasteiger partial charge in [0, 0.05) is 22.1 Å². The maximum Gasteiger partial charge on any atom is 0.238 e. The normalized spacial score (nSPS) is 20.2. The maximum atomic E-state index is 11.8. The first-order chi connectivity index (χ1) is 8.93. The first kappa shape index (κ1) is 14.5. The second-order valence-electron chi connectivity index (χ2n) is 4.56. The van der Waals surface area contributed by atoms with Gasteiger partial charge in [-0.25, -0.2) is 8.42 Å². The Kier molecular flexibility index (Phi) is 4.27. The fourth-order valence-corrected chi connectivity index (χ4v) is 3.76. The molecule has 0 aromatic carbocycles. The van der Waals surface area contributed by atoms with Crippen molar-refractivity contribution in [3.63, 3.8) is 0 Å². The number of carbonyl (C=O) groups excluding carboxylic acids is 1. The summed E-state index contributed by atoms with van der Waals surface area (Å²) < 4.78 is 23.1. The molecule has 2 heterocycles. The second-order valence-corrected chi connectivity index (χ2v) is 8.35. The molecule has 1 aliphatic rings. The largest absolute Gasteiger partial charge is 0.320 e. The summed E-state index contributed by atoms with van der Waals surface area (Å²) >= 11 is 1.62. The van der Waals surface area contributed by atoms with E-state index in [0.29, 0.717) is 0 Å². The van der Waals surface area contributed by atoms with Gasteiger partial charge in [0.1, 0.15) is 6.17 Å². The van der Waals surface area contributed by atoms with E-state index in [1.54, 1.807) is 23.2 Å². The highest BCUT2D eigenvalue weighted by atomic mass is 32.2. The van der Waals surface area contributed by atoms with Gasteiger partial charge < -0.3 is 4.90 Å². The van der Waals surface area contributed by atoms with Gasteiger partial charge in [-0.15, -0.1) is 11.3 Å². The van der Waals surface area contributed by atoms with Gasteiger partial charge in [-0.1, -0.05) is 6.92 Å². The molecule has 1 saturated heterocycles. The third kappa shape index (κ3) is 3.34. The summed E-state index contributed by atoms with van der Waals surface area (Å²) in [6.45, 7) is 4.16. The van der Waals surface area contributed by atoms with E-state index in [2.05, 4.69) is 5.32 Å². The van der Waals surface area contributed by atoms with E-state index >= 15 is 0 Å². The molecule has 1 amide bonds. The van der Waals surface area contributed by atoms with Crippen LogP contribution in [0.4, 0.5) is 0 Å². The quantitative estimate of drug-likeness (QED) is 0.878. The van der Waals surface area contributed by atoms with Gasteiger partial charge in [0.25, 0.3) is 0 Å². The highest BCUT2D eigenvalue weighted by Crippen LogP contribution is 2.28. The smallest absolute Gasteiger partial charge is 0.238 e. The summed E-state index contributed by atoms with van der Waals surface area (Å²) in [5.74, 6) is 0.102. The summed E-state index contributed by atoms with van der Waals surface area (Å²) in [7, 11) is -3.05. The molecule has 2 rings (SSSR count). The van der Waals surface area contributed by atoms with Crippen LogP contribution in [0.2, 0.25) is 0 Å². The lowest BCUT2D eigenvalue weighted by Gasteiger charge is -2.23. The summed E-state index contributed by atoms with van der Waals surface area (Å²) in [5, 5.41) is 3.13. The van der Waals surface area contributed by atoms with E-state index in [4.69, 9.17) is 0 Å². The fourth-order valence-electron chi connectivity index (χ4n) is 2.03. The Labute approximate surface area is 117 Å². The number of sulfone groups is 1. The number of aryl methyl sites for hydroxylation is 1. The van der Waals surface area contributed by atoms with Crippen molar-refractivity contribution in [1.29, 1.82) is 0 Å². The number of nitrogens with one attached hydrogen (secondary N) is 1. The van der Waals surface area contributed by atoms with Crippen LogP contribution < -0.4 is 5.32 Å². The number of hydrogen-bond acceptors (Lipinski definition) is 5. The predicted octanol–water partition coefficient (Wildman–Crippen LogP) is 0.922. The van der Waals surface area contributed by atoms with Crippen molar-refractivity contribution in [3.8, 4) is 0 Å².